The number of para-hydroxylation sites is 1. The van der Waals surface area contributed by atoms with Crippen molar-refractivity contribution >= 4 is 5.91 Å². The largest absolute Gasteiger partial charge is 0.496 e. The molecule has 0 aliphatic carbocycles. The topological polar surface area (TPSA) is 36.0 Å². The summed E-state index contributed by atoms with van der Waals surface area (Å²) in [5.74, 6) is -4.34. The monoisotopic (exact) mass is 471 g/mol. The van der Waals surface area contributed by atoms with Crippen LogP contribution in [0, 0.1) is 5.92 Å². The molecule has 0 bridgehead atoms. The molecule has 0 saturated carbocycles. The van der Waals surface area contributed by atoms with Crippen LogP contribution in [0.5, 0.6) is 5.75 Å². The summed E-state index contributed by atoms with van der Waals surface area (Å²) < 4.78 is 35.7. The van der Waals surface area contributed by atoms with Gasteiger partial charge in [-0.15, -0.1) is 0 Å². The van der Waals surface area contributed by atoms with Gasteiger partial charge >= 0.3 is 5.92 Å². The third-order valence-corrected chi connectivity index (χ3v) is 7.19. The van der Waals surface area contributed by atoms with Crippen LogP contribution in [0.1, 0.15) is 24.0 Å². The van der Waals surface area contributed by atoms with Crippen molar-refractivity contribution < 1.29 is 18.3 Å². The number of carbonyl (C=O) groups is 1. The van der Waals surface area contributed by atoms with Gasteiger partial charge in [0.25, 0.3) is 5.91 Å². The first-order valence-electron chi connectivity index (χ1n) is 12.2. The van der Waals surface area contributed by atoms with Gasteiger partial charge in [-0.05, 0) is 44.0 Å². The molecule has 2 aliphatic heterocycles. The Bertz CT molecular complexity index is 924. The summed E-state index contributed by atoms with van der Waals surface area (Å²) in [6, 6.07) is 18.0. The summed E-state index contributed by atoms with van der Waals surface area (Å²) in [5, 5.41) is 0. The Balaban J connectivity index is 1.23. The number of piperidine rings is 1. The fraction of sp³-hybridized carbons (Fsp3) is 0.519. The molecule has 0 spiro atoms. The van der Waals surface area contributed by atoms with Crippen molar-refractivity contribution in [3.05, 3.63) is 65.7 Å². The van der Waals surface area contributed by atoms with Crippen molar-refractivity contribution in [2.24, 2.45) is 5.92 Å². The quantitative estimate of drug-likeness (QED) is 0.585. The predicted molar refractivity (Wildman–Crippen MR) is 129 cm³/mol. The highest BCUT2D eigenvalue weighted by Crippen LogP contribution is 2.35. The number of halogens is 2. The molecule has 184 valence electrons. The maximum absolute atomic E-state index is 15.2. The molecule has 4 rings (SSSR count). The minimum Gasteiger partial charge on any atom is -0.496 e. The molecule has 2 saturated heterocycles. The predicted octanol–water partition coefficient (Wildman–Crippen LogP) is 3.93. The summed E-state index contributed by atoms with van der Waals surface area (Å²) in [4.78, 5) is 18.6. The minimum absolute atomic E-state index is 0.333. The number of benzene rings is 2. The number of piperazine rings is 1. The van der Waals surface area contributed by atoms with Crippen molar-refractivity contribution in [3.63, 3.8) is 0 Å². The van der Waals surface area contributed by atoms with Gasteiger partial charge in [0.15, 0.2) is 0 Å². The van der Waals surface area contributed by atoms with E-state index in [1.807, 2.05) is 42.5 Å². The Labute approximate surface area is 201 Å². The summed E-state index contributed by atoms with van der Waals surface area (Å²) in [7, 11) is 1.64. The van der Waals surface area contributed by atoms with E-state index in [4.69, 9.17) is 4.74 Å². The van der Waals surface area contributed by atoms with E-state index in [0.29, 0.717) is 58.7 Å². The zero-order valence-corrected chi connectivity index (χ0v) is 20.0. The van der Waals surface area contributed by atoms with Crippen LogP contribution < -0.4 is 4.74 Å². The van der Waals surface area contributed by atoms with E-state index in [-0.39, 0.29) is 0 Å². The number of carbonyl (C=O) groups excluding carboxylic acids is 1. The average molecular weight is 472 g/mol. The van der Waals surface area contributed by atoms with Gasteiger partial charge in [0.1, 0.15) is 5.75 Å². The molecule has 0 aromatic heterocycles. The summed E-state index contributed by atoms with van der Waals surface area (Å²) in [6.45, 7) is 4.61. The highest BCUT2D eigenvalue weighted by molar-refractivity contribution is 5.84. The molecular weight excluding hydrogens is 436 g/mol. The molecule has 0 atom stereocenters. The molecule has 2 fully saturated rings. The maximum atomic E-state index is 15.2. The minimum atomic E-state index is -3.30. The van der Waals surface area contributed by atoms with Gasteiger partial charge in [0, 0.05) is 50.7 Å². The van der Waals surface area contributed by atoms with Gasteiger partial charge in [0.2, 0.25) is 0 Å². The zero-order valence-electron chi connectivity index (χ0n) is 20.0. The fourth-order valence-electron chi connectivity index (χ4n) is 5.02. The molecule has 0 unspecified atom stereocenters. The molecule has 2 aromatic rings. The maximum Gasteiger partial charge on any atom is 0.327 e. The Morgan fingerprint density at radius 1 is 0.912 bits per heavy atom. The molecule has 2 heterocycles. The lowest BCUT2D eigenvalue weighted by atomic mass is 9.89. The van der Waals surface area contributed by atoms with Crippen LogP contribution in [0.15, 0.2) is 54.6 Å². The number of methoxy groups -OCH3 is 1. The van der Waals surface area contributed by atoms with Crippen LogP contribution in [-0.4, -0.2) is 79.5 Å². The van der Waals surface area contributed by atoms with Gasteiger partial charge in [-0.1, -0.05) is 48.5 Å². The van der Waals surface area contributed by atoms with Gasteiger partial charge < -0.3 is 14.5 Å². The second kappa shape index (κ2) is 11.3. The van der Waals surface area contributed by atoms with Gasteiger partial charge in [-0.25, -0.2) is 0 Å². The lowest BCUT2D eigenvalue weighted by Gasteiger charge is -2.40. The zero-order chi connectivity index (χ0) is 24.0. The first-order chi connectivity index (χ1) is 16.5. The van der Waals surface area contributed by atoms with Crippen LogP contribution in [0.2, 0.25) is 0 Å². The Hall–Kier alpha value is -2.51. The van der Waals surface area contributed by atoms with Gasteiger partial charge in [-0.2, -0.15) is 8.78 Å². The van der Waals surface area contributed by atoms with Crippen molar-refractivity contribution in [2.75, 3.05) is 52.9 Å². The van der Waals surface area contributed by atoms with E-state index < -0.39 is 17.7 Å². The molecule has 7 heteroatoms. The molecule has 1 amide bonds. The third kappa shape index (κ3) is 5.94. The van der Waals surface area contributed by atoms with Crippen LogP contribution >= 0.6 is 0 Å². The van der Waals surface area contributed by atoms with E-state index in [0.717, 1.165) is 24.3 Å². The molecule has 5 nitrogen and oxygen atoms in total. The summed E-state index contributed by atoms with van der Waals surface area (Å²) in [6.07, 6.45) is 1.64. The number of amides is 1. The standard InChI is InChI=1S/C27H35F2N3O2/c1-34-25-10-6-5-9-23(25)21-31-17-19-32(20-18-31)26(33)27(28,29)24-12-15-30(16-13-24)14-11-22-7-3-2-4-8-22/h2-10,24H,11-21H2,1H3. The van der Waals surface area contributed by atoms with Gasteiger partial charge in [-0.3, -0.25) is 9.69 Å². The number of alkyl halides is 2. The van der Waals surface area contributed by atoms with Crippen molar-refractivity contribution in [1.29, 1.82) is 0 Å². The fourth-order valence-corrected chi connectivity index (χ4v) is 5.02. The van der Waals surface area contributed by atoms with Crippen LogP contribution in [0.25, 0.3) is 0 Å². The number of hydrogen-bond acceptors (Lipinski definition) is 4. The third-order valence-electron chi connectivity index (χ3n) is 7.19. The highest BCUT2D eigenvalue weighted by atomic mass is 19.3. The number of rotatable bonds is 8. The van der Waals surface area contributed by atoms with Crippen molar-refractivity contribution in [2.45, 2.75) is 31.7 Å². The highest BCUT2D eigenvalue weighted by Gasteiger charge is 2.50. The second-order valence-corrected chi connectivity index (χ2v) is 9.35. The van der Waals surface area contributed by atoms with E-state index >= 15 is 8.78 Å². The van der Waals surface area contributed by atoms with E-state index in [1.54, 1.807) is 7.11 Å². The van der Waals surface area contributed by atoms with Crippen LogP contribution in [-0.2, 0) is 17.8 Å². The van der Waals surface area contributed by atoms with E-state index in [1.165, 1.54) is 10.5 Å². The Morgan fingerprint density at radius 2 is 1.56 bits per heavy atom. The molecule has 0 N–H and O–H groups in total. The number of ether oxygens (including phenoxy) is 1. The molecule has 2 aliphatic rings. The molecule has 34 heavy (non-hydrogen) atoms. The van der Waals surface area contributed by atoms with Crippen molar-refractivity contribution in [3.8, 4) is 5.75 Å². The number of nitrogens with zero attached hydrogens (tertiary/aromatic N) is 3. The first kappa shape index (κ1) is 24.6. The lowest BCUT2D eigenvalue weighted by Crippen LogP contribution is -2.56. The van der Waals surface area contributed by atoms with Crippen LogP contribution in [0.3, 0.4) is 0 Å². The average Bonchev–Trinajstić information content (AvgIpc) is 2.88. The SMILES string of the molecule is COc1ccccc1CN1CCN(C(=O)C(F)(F)C2CCN(CCc3ccccc3)CC2)CC1. The van der Waals surface area contributed by atoms with Crippen LogP contribution in [0.4, 0.5) is 8.78 Å². The van der Waals surface area contributed by atoms with Gasteiger partial charge in [0.05, 0.1) is 7.11 Å². The number of hydrogen-bond donors (Lipinski definition) is 0. The smallest absolute Gasteiger partial charge is 0.327 e. The second-order valence-electron chi connectivity index (χ2n) is 9.35. The van der Waals surface area contributed by atoms with E-state index in [9.17, 15) is 4.79 Å². The summed E-state index contributed by atoms with van der Waals surface area (Å²) in [5.41, 5.74) is 2.32. The first-order valence-corrected chi connectivity index (χ1v) is 12.2. The lowest BCUT2D eigenvalue weighted by molar-refractivity contribution is -0.170. The molecular formula is C27H35F2N3O2. The molecule has 2 aromatic carbocycles. The number of likely N-dealkylation sites (tertiary alicyclic amines) is 1. The molecule has 0 radical (unpaired) electrons. The normalized spacial score (nSPS) is 18.7. The van der Waals surface area contributed by atoms with E-state index in [2.05, 4.69) is 21.9 Å². The van der Waals surface area contributed by atoms with Crippen molar-refractivity contribution in [1.82, 2.24) is 14.7 Å². The summed E-state index contributed by atoms with van der Waals surface area (Å²) >= 11 is 0. The Morgan fingerprint density at radius 3 is 2.24 bits per heavy atom. The Kier molecular flexibility index (Phi) is 8.16.